The van der Waals surface area contributed by atoms with Gasteiger partial charge >= 0.3 is 0 Å². The van der Waals surface area contributed by atoms with E-state index in [1.165, 1.54) is 19.3 Å². The molecule has 0 aromatic carbocycles. The molecule has 0 aromatic heterocycles. The SMILES string of the molecule is C[C@]12C=CC(=O)C[C@H]1CC[C@H]1[C@H]2CC[C@@]2(C)C(=O)CC[C@H]12. The third kappa shape index (κ3) is 1.71. The molecule has 0 amide bonds. The van der Waals surface area contributed by atoms with Crippen LogP contribution in [-0.2, 0) is 9.59 Å². The first-order valence-electron chi connectivity index (χ1n) is 8.70. The van der Waals surface area contributed by atoms with Crippen molar-refractivity contribution in [2.75, 3.05) is 0 Å². The lowest BCUT2D eigenvalue weighted by Gasteiger charge is -2.57. The Morgan fingerprint density at radius 1 is 1.05 bits per heavy atom. The summed E-state index contributed by atoms with van der Waals surface area (Å²) >= 11 is 0. The van der Waals surface area contributed by atoms with Crippen LogP contribution in [0.5, 0.6) is 0 Å². The van der Waals surface area contributed by atoms with Gasteiger partial charge in [0.25, 0.3) is 0 Å². The van der Waals surface area contributed by atoms with Crippen LogP contribution in [0, 0.1) is 34.5 Å². The van der Waals surface area contributed by atoms with Crippen LogP contribution in [0.25, 0.3) is 0 Å². The van der Waals surface area contributed by atoms with E-state index in [-0.39, 0.29) is 10.8 Å². The van der Waals surface area contributed by atoms with Gasteiger partial charge in [-0.15, -0.1) is 0 Å². The molecule has 0 heterocycles. The number of rotatable bonds is 0. The van der Waals surface area contributed by atoms with Crippen molar-refractivity contribution in [3.63, 3.8) is 0 Å². The molecule has 4 aliphatic carbocycles. The molecule has 0 unspecified atom stereocenters. The van der Waals surface area contributed by atoms with Crippen molar-refractivity contribution in [2.45, 2.75) is 58.8 Å². The maximum Gasteiger partial charge on any atom is 0.155 e. The summed E-state index contributed by atoms with van der Waals surface area (Å²) in [6.07, 6.45) is 11.4. The lowest BCUT2D eigenvalue weighted by Crippen LogP contribution is -2.52. The van der Waals surface area contributed by atoms with Gasteiger partial charge in [0.1, 0.15) is 5.78 Å². The molecule has 3 saturated carbocycles. The summed E-state index contributed by atoms with van der Waals surface area (Å²) in [6.45, 7) is 4.62. The molecule has 0 aromatic rings. The lowest BCUT2D eigenvalue weighted by atomic mass is 9.46. The molecule has 0 radical (unpaired) electrons. The van der Waals surface area contributed by atoms with Crippen LogP contribution in [0.3, 0.4) is 0 Å². The minimum absolute atomic E-state index is 0.0292. The monoisotopic (exact) mass is 286 g/mol. The number of carbonyl (C=O) groups excluding carboxylic acids is 2. The van der Waals surface area contributed by atoms with Crippen LogP contribution >= 0.6 is 0 Å². The third-order valence-electron chi connectivity index (χ3n) is 7.75. The topological polar surface area (TPSA) is 34.1 Å². The van der Waals surface area contributed by atoms with Crippen molar-refractivity contribution in [2.24, 2.45) is 34.5 Å². The Kier molecular flexibility index (Phi) is 2.81. The number of hydrogen-bond acceptors (Lipinski definition) is 2. The molecular formula is C19H26O2. The normalized spacial score (nSPS) is 52.3. The highest BCUT2D eigenvalue weighted by molar-refractivity contribution is 5.91. The Morgan fingerprint density at radius 3 is 2.67 bits per heavy atom. The zero-order valence-corrected chi connectivity index (χ0v) is 13.2. The van der Waals surface area contributed by atoms with Gasteiger partial charge < -0.3 is 0 Å². The van der Waals surface area contributed by atoms with Crippen LogP contribution in [-0.4, -0.2) is 11.6 Å². The van der Waals surface area contributed by atoms with Gasteiger partial charge in [-0.1, -0.05) is 19.9 Å². The second-order valence-electron chi connectivity index (χ2n) is 8.44. The van der Waals surface area contributed by atoms with Crippen LogP contribution in [0.1, 0.15) is 58.8 Å². The molecular weight excluding hydrogens is 260 g/mol. The van der Waals surface area contributed by atoms with Gasteiger partial charge in [0.15, 0.2) is 5.78 Å². The molecule has 21 heavy (non-hydrogen) atoms. The van der Waals surface area contributed by atoms with E-state index in [0.29, 0.717) is 35.2 Å². The zero-order chi connectivity index (χ0) is 14.8. The van der Waals surface area contributed by atoms with Crippen molar-refractivity contribution < 1.29 is 9.59 Å². The molecule has 4 rings (SSSR count). The van der Waals surface area contributed by atoms with E-state index in [9.17, 15) is 9.59 Å². The molecule has 114 valence electrons. The molecule has 6 atom stereocenters. The maximum absolute atomic E-state index is 12.4. The Morgan fingerprint density at radius 2 is 1.86 bits per heavy atom. The quantitative estimate of drug-likeness (QED) is 0.676. The van der Waals surface area contributed by atoms with Crippen molar-refractivity contribution in [3.8, 4) is 0 Å². The molecule has 4 aliphatic rings. The molecule has 2 nitrogen and oxygen atoms in total. The van der Waals surface area contributed by atoms with E-state index in [0.717, 1.165) is 25.7 Å². The van der Waals surface area contributed by atoms with E-state index in [1.807, 2.05) is 6.08 Å². The van der Waals surface area contributed by atoms with Gasteiger partial charge in [0.05, 0.1) is 0 Å². The largest absolute Gasteiger partial charge is 0.299 e. The van der Waals surface area contributed by atoms with Gasteiger partial charge in [0.2, 0.25) is 0 Å². The van der Waals surface area contributed by atoms with Gasteiger partial charge in [-0.3, -0.25) is 9.59 Å². The first-order chi connectivity index (χ1) is 9.95. The number of carbonyl (C=O) groups is 2. The summed E-state index contributed by atoms with van der Waals surface area (Å²) in [5.41, 5.74) is 0.169. The van der Waals surface area contributed by atoms with E-state index < -0.39 is 0 Å². The first kappa shape index (κ1) is 13.7. The molecule has 0 bridgehead atoms. The number of allylic oxidation sites excluding steroid dienone is 2. The molecule has 3 fully saturated rings. The van der Waals surface area contributed by atoms with E-state index in [2.05, 4.69) is 19.9 Å². The first-order valence-corrected chi connectivity index (χ1v) is 8.70. The van der Waals surface area contributed by atoms with Gasteiger partial charge in [0, 0.05) is 18.3 Å². The fraction of sp³-hybridized carbons (Fsp3) is 0.789. The van der Waals surface area contributed by atoms with Crippen molar-refractivity contribution in [3.05, 3.63) is 12.2 Å². The van der Waals surface area contributed by atoms with Crippen molar-refractivity contribution in [1.29, 1.82) is 0 Å². The summed E-state index contributed by atoms with van der Waals surface area (Å²) in [6, 6.07) is 0. The van der Waals surface area contributed by atoms with Gasteiger partial charge in [-0.05, 0) is 67.3 Å². The fourth-order valence-electron chi connectivity index (χ4n) is 6.41. The number of hydrogen-bond donors (Lipinski definition) is 0. The minimum atomic E-state index is -0.0292. The highest BCUT2D eigenvalue weighted by Crippen LogP contribution is 2.64. The average Bonchev–Trinajstić information content (AvgIpc) is 2.76. The second-order valence-corrected chi connectivity index (χ2v) is 8.44. The molecule has 2 heteroatoms. The highest BCUT2D eigenvalue weighted by atomic mass is 16.1. The molecule has 0 aliphatic heterocycles. The summed E-state index contributed by atoms with van der Waals surface area (Å²) < 4.78 is 0. The van der Waals surface area contributed by atoms with Crippen LogP contribution < -0.4 is 0 Å². The molecule has 0 saturated heterocycles. The number of Topliss-reactive ketones (excluding diaryl/α,β-unsaturated/α-hetero) is 1. The third-order valence-corrected chi connectivity index (χ3v) is 7.75. The predicted octanol–water partition coefficient (Wildman–Crippen LogP) is 3.94. The van der Waals surface area contributed by atoms with Gasteiger partial charge in [-0.25, -0.2) is 0 Å². The van der Waals surface area contributed by atoms with E-state index in [4.69, 9.17) is 0 Å². The number of fused-ring (bicyclic) bond motifs is 5. The Labute approximate surface area is 127 Å². The summed E-state index contributed by atoms with van der Waals surface area (Å²) in [5, 5.41) is 0. The Balaban J connectivity index is 1.70. The second kappa shape index (κ2) is 4.30. The van der Waals surface area contributed by atoms with Crippen molar-refractivity contribution >= 4 is 11.6 Å². The van der Waals surface area contributed by atoms with Crippen LogP contribution in [0.15, 0.2) is 12.2 Å². The molecule has 0 N–H and O–H groups in total. The smallest absolute Gasteiger partial charge is 0.155 e. The number of ketones is 2. The predicted molar refractivity (Wildman–Crippen MR) is 81.6 cm³/mol. The standard InChI is InChI=1S/C19H26O2/c1-18-9-7-13(20)11-12(18)3-4-14-15-5-6-17(21)19(15,2)10-8-16(14)18/h7,9,12,14-16H,3-6,8,10-11H2,1-2H3/t12-,14-,15-,16-,18+,19-/m1/s1. The zero-order valence-electron chi connectivity index (χ0n) is 13.2. The minimum Gasteiger partial charge on any atom is -0.299 e. The van der Waals surface area contributed by atoms with E-state index in [1.54, 1.807) is 0 Å². The maximum atomic E-state index is 12.4. The Hall–Kier alpha value is -0.920. The average molecular weight is 286 g/mol. The lowest BCUT2D eigenvalue weighted by molar-refractivity contribution is -0.135. The highest BCUT2D eigenvalue weighted by Gasteiger charge is 2.59. The van der Waals surface area contributed by atoms with Crippen LogP contribution in [0.2, 0.25) is 0 Å². The fourth-order valence-corrected chi connectivity index (χ4v) is 6.41. The van der Waals surface area contributed by atoms with Gasteiger partial charge in [-0.2, -0.15) is 0 Å². The Bertz CT molecular complexity index is 534. The van der Waals surface area contributed by atoms with E-state index >= 15 is 0 Å². The summed E-state index contributed by atoms with van der Waals surface area (Å²) in [5.74, 6) is 3.37. The van der Waals surface area contributed by atoms with Crippen LogP contribution in [0.4, 0.5) is 0 Å². The summed E-state index contributed by atoms with van der Waals surface area (Å²) in [4.78, 5) is 24.1. The van der Waals surface area contributed by atoms with Crippen molar-refractivity contribution in [1.82, 2.24) is 0 Å². The summed E-state index contributed by atoms with van der Waals surface area (Å²) in [7, 11) is 0. The molecule has 0 spiro atoms.